The Kier molecular flexibility index (Phi) is 5.84. The first-order valence-electron chi connectivity index (χ1n) is 9.94. The number of nitrogens with two attached hydrogens (primary N) is 2. The topological polar surface area (TPSA) is 135 Å². The van der Waals surface area contributed by atoms with Crippen LogP contribution in [0.4, 0.5) is 25.3 Å². The summed E-state index contributed by atoms with van der Waals surface area (Å²) in [5.74, 6) is -1.54. The van der Waals surface area contributed by atoms with Gasteiger partial charge < -0.3 is 26.8 Å². The van der Waals surface area contributed by atoms with Crippen LogP contribution in [0, 0.1) is 11.6 Å². The van der Waals surface area contributed by atoms with Crippen LogP contribution in [-0.2, 0) is 7.05 Å². The van der Waals surface area contributed by atoms with Crippen LogP contribution < -0.4 is 21.7 Å². The summed E-state index contributed by atoms with van der Waals surface area (Å²) in [4.78, 5) is 19.0. The highest BCUT2D eigenvalue weighted by atomic mass is 32.1. The predicted octanol–water partition coefficient (Wildman–Crippen LogP) is 1.95. The number of nitrogens with one attached hydrogen (secondary N) is 1. The van der Waals surface area contributed by atoms with Crippen LogP contribution in [0.3, 0.4) is 0 Å². The van der Waals surface area contributed by atoms with Gasteiger partial charge in [0.2, 0.25) is 0 Å². The van der Waals surface area contributed by atoms with Crippen LogP contribution in [0.15, 0.2) is 24.4 Å². The van der Waals surface area contributed by atoms with E-state index >= 15 is 0 Å². The molecule has 3 aromatic rings. The number of piperidine rings is 1. The molecule has 0 bridgehead atoms. The summed E-state index contributed by atoms with van der Waals surface area (Å²) in [6.45, 7) is 1.25. The molecule has 1 aromatic carbocycles. The van der Waals surface area contributed by atoms with Gasteiger partial charge in [0.05, 0.1) is 17.4 Å². The average Bonchev–Trinajstić information content (AvgIpc) is 3.31. The fourth-order valence-corrected chi connectivity index (χ4v) is 4.60. The molecular formula is C20H23F2N7O2S. The van der Waals surface area contributed by atoms with Crippen molar-refractivity contribution < 1.29 is 18.7 Å². The molecule has 6 N–H and O–H groups in total. The minimum absolute atomic E-state index is 0.0215. The number of thiazole rings is 1. The standard InChI is InChI=1S/C20H23F2N7O2S/c1-28-19(29-7-5-20(31,10-23)6-8-29)13(9-25-28)26-17(30)15-16(24)32-18(27-15)14-11(21)3-2-4-12(14)22/h2-4,9,31H,5-8,10,23-24H2,1H3,(H,26,30). The third kappa shape index (κ3) is 4.04. The molecule has 0 atom stereocenters. The van der Waals surface area contributed by atoms with E-state index in [0.717, 1.165) is 23.5 Å². The number of benzene rings is 1. The van der Waals surface area contributed by atoms with Crippen LogP contribution >= 0.6 is 11.3 Å². The fourth-order valence-electron chi connectivity index (χ4n) is 3.72. The molecule has 1 aliphatic rings. The monoisotopic (exact) mass is 463 g/mol. The molecule has 0 spiro atoms. The molecule has 1 amide bonds. The molecule has 1 fully saturated rings. The van der Waals surface area contributed by atoms with Gasteiger partial charge in [0.15, 0.2) is 11.5 Å². The summed E-state index contributed by atoms with van der Waals surface area (Å²) in [5.41, 5.74) is 10.7. The van der Waals surface area contributed by atoms with Gasteiger partial charge in [0, 0.05) is 26.7 Å². The van der Waals surface area contributed by atoms with Crippen molar-refractivity contribution in [2.45, 2.75) is 18.4 Å². The Labute approximate surface area is 186 Å². The first-order chi connectivity index (χ1) is 15.2. The third-order valence-corrected chi connectivity index (χ3v) is 6.48. The fraction of sp³-hybridized carbons (Fsp3) is 0.350. The van der Waals surface area contributed by atoms with Crippen molar-refractivity contribution in [3.8, 4) is 10.6 Å². The third-order valence-electron chi connectivity index (χ3n) is 5.57. The number of nitrogens with zero attached hydrogens (tertiary/aromatic N) is 4. The van der Waals surface area contributed by atoms with Crippen LogP contribution in [0.1, 0.15) is 23.3 Å². The Morgan fingerprint density at radius 2 is 1.97 bits per heavy atom. The van der Waals surface area contributed by atoms with E-state index < -0.39 is 23.1 Å². The highest BCUT2D eigenvalue weighted by Crippen LogP contribution is 2.35. The maximum Gasteiger partial charge on any atom is 0.277 e. The molecule has 170 valence electrons. The SMILES string of the molecule is Cn1ncc(NC(=O)c2nc(-c3c(F)cccc3F)sc2N)c1N1CCC(O)(CN)CC1. The van der Waals surface area contributed by atoms with Crippen molar-refractivity contribution in [2.75, 3.05) is 35.6 Å². The number of anilines is 3. The molecule has 1 aliphatic heterocycles. The Morgan fingerprint density at radius 1 is 1.31 bits per heavy atom. The summed E-state index contributed by atoms with van der Waals surface area (Å²) < 4.78 is 29.8. The number of aryl methyl sites for hydroxylation is 1. The van der Waals surface area contributed by atoms with Gasteiger partial charge in [0.25, 0.3) is 5.91 Å². The number of hydrogen-bond acceptors (Lipinski definition) is 8. The summed E-state index contributed by atoms with van der Waals surface area (Å²) in [6.07, 6.45) is 2.47. The summed E-state index contributed by atoms with van der Waals surface area (Å²) in [6, 6.07) is 3.47. The minimum atomic E-state index is -0.897. The average molecular weight is 464 g/mol. The number of halogens is 2. The van der Waals surface area contributed by atoms with Gasteiger partial charge in [0.1, 0.15) is 27.3 Å². The largest absolute Gasteiger partial charge is 0.389 e. The molecule has 9 nitrogen and oxygen atoms in total. The van der Waals surface area contributed by atoms with Gasteiger partial charge in [-0.05, 0) is 25.0 Å². The number of carbonyl (C=O) groups excluding carboxylic acids is 1. The van der Waals surface area contributed by atoms with Crippen molar-refractivity contribution in [3.05, 3.63) is 41.7 Å². The molecule has 0 aliphatic carbocycles. The Morgan fingerprint density at radius 3 is 2.59 bits per heavy atom. The van der Waals surface area contributed by atoms with Crippen molar-refractivity contribution in [1.29, 1.82) is 0 Å². The Balaban J connectivity index is 1.57. The van der Waals surface area contributed by atoms with Crippen molar-refractivity contribution in [3.63, 3.8) is 0 Å². The quantitative estimate of drug-likeness (QED) is 0.454. The molecule has 4 rings (SSSR count). The van der Waals surface area contributed by atoms with E-state index in [2.05, 4.69) is 15.4 Å². The number of aliphatic hydroxyl groups is 1. The van der Waals surface area contributed by atoms with E-state index in [1.165, 1.54) is 12.3 Å². The number of carbonyl (C=O) groups is 1. The van der Waals surface area contributed by atoms with Crippen LogP contribution in [0.5, 0.6) is 0 Å². The zero-order chi connectivity index (χ0) is 23.0. The van der Waals surface area contributed by atoms with Gasteiger partial charge in [-0.1, -0.05) is 17.4 Å². The van der Waals surface area contributed by atoms with Gasteiger partial charge in [-0.3, -0.25) is 9.48 Å². The summed E-state index contributed by atoms with van der Waals surface area (Å²) in [5, 5.41) is 17.4. The lowest BCUT2D eigenvalue weighted by molar-refractivity contribution is 0.0247. The van der Waals surface area contributed by atoms with E-state index in [9.17, 15) is 18.7 Å². The van der Waals surface area contributed by atoms with E-state index in [-0.39, 0.29) is 27.8 Å². The smallest absolute Gasteiger partial charge is 0.277 e. The molecule has 0 saturated carbocycles. The van der Waals surface area contributed by atoms with E-state index in [1.54, 1.807) is 11.7 Å². The Hall–Kier alpha value is -3.09. The van der Waals surface area contributed by atoms with Crippen LogP contribution in [0.25, 0.3) is 10.6 Å². The van der Waals surface area contributed by atoms with Gasteiger partial charge >= 0.3 is 0 Å². The van der Waals surface area contributed by atoms with Gasteiger partial charge in [-0.15, -0.1) is 0 Å². The zero-order valence-corrected chi connectivity index (χ0v) is 18.1. The van der Waals surface area contributed by atoms with Crippen LogP contribution in [0.2, 0.25) is 0 Å². The molecular weight excluding hydrogens is 440 g/mol. The number of nitrogen functional groups attached to an aromatic ring is 1. The second kappa shape index (κ2) is 8.45. The minimum Gasteiger partial charge on any atom is -0.389 e. The highest BCUT2D eigenvalue weighted by Gasteiger charge is 2.33. The van der Waals surface area contributed by atoms with Crippen LogP contribution in [-0.4, -0.2) is 51.0 Å². The molecule has 1 saturated heterocycles. The number of hydrogen-bond donors (Lipinski definition) is 4. The molecule has 2 aromatic heterocycles. The number of aromatic nitrogens is 3. The van der Waals surface area contributed by atoms with E-state index in [0.29, 0.717) is 37.4 Å². The van der Waals surface area contributed by atoms with Crippen molar-refractivity contribution in [2.24, 2.45) is 12.8 Å². The number of rotatable bonds is 5. The second-order valence-corrected chi connectivity index (χ2v) is 8.73. The summed E-state index contributed by atoms with van der Waals surface area (Å²) in [7, 11) is 1.74. The lowest BCUT2D eigenvalue weighted by atomic mass is 9.91. The first kappa shape index (κ1) is 22.1. The molecule has 3 heterocycles. The lowest BCUT2D eigenvalue weighted by Gasteiger charge is -2.38. The van der Waals surface area contributed by atoms with Gasteiger partial charge in [-0.2, -0.15) is 5.10 Å². The second-order valence-electron chi connectivity index (χ2n) is 7.70. The highest BCUT2D eigenvalue weighted by molar-refractivity contribution is 7.19. The van der Waals surface area contributed by atoms with Crippen molar-refractivity contribution in [1.82, 2.24) is 14.8 Å². The zero-order valence-electron chi connectivity index (χ0n) is 17.3. The van der Waals surface area contributed by atoms with E-state index in [4.69, 9.17) is 11.5 Å². The maximum absolute atomic E-state index is 14.1. The van der Waals surface area contributed by atoms with Crippen molar-refractivity contribution >= 4 is 33.8 Å². The normalized spacial score (nSPS) is 15.7. The molecule has 0 radical (unpaired) electrons. The predicted molar refractivity (Wildman–Crippen MR) is 118 cm³/mol. The van der Waals surface area contributed by atoms with Gasteiger partial charge in [-0.25, -0.2) is 13.8 Å². The molecule has 0 unspecified atom stereocenters. The molecule has 32 heavy (non-hydrogen) atoms. The molecule has 12 heteroatoms. The Bertz CT molecular complexity index is 1130. The maximum atomic E-state index is 14.1. The summed E-state index contributed by atoms with van der Waals surface area (Å²) >= 11 is 0.829. The van der Waals surface area contributed by atoms with E-state index in [1.807, 2.05) is 4.90 Å². The number of amides is 1. The first-order valence-corrected chi connectivity index (χ1v) is 10.8. The lowest BCUT2D eigenvalue weighted by Crippen LogP contribution is -2.49.